The molecule has 0 N–H and O–H groups in total. The van der Waals surface area contributed by atoms with Crippen molar-refractivity contribution in [2.24, 2.45) is 69.5 Å². The maximum absolute atomic E-state index is 5.19. The molecule has 4 nitrogen and oxygen atoms in total. The van der Waals surface area contributed by atoms with E-state index < -0.39 is 0 Å². The van der Waals surface area contributed by atoms with Crippen molar-refractivity contribution in [3.63, 3.8) is 0 Å². The number of hydrogen-bond acceptors (Lipinski definition) is 4. The molecule has 0 aromatic heterocycles. The van der Waals surface area contributed by atoms with Gasteiger partial charge >= 0.3 is 0 Å². The minimum absolute atomic E-state index is 0.676. The molecule has 116 valence electrons. The molecule has 0 aromatic rings. The van der Waals surface area contributed by atoms with Crippen LogP contribution in [-0.4, -0.2) is 25.6 Å². The predicted octanol–water partition coefficient (Wildman–Crippen LogP) is 2.57. The maximum Gasteiger partial charge on any atom is 0.106 e. The van der Waals surface area contributed by atoms with Gasteiger partial charge in [-0.1, -0.05) is 22.5 Å². The van der Waals surface area contributed by atoms with Gasteiger partial charge in [-0.25, -0.2) is 0 Å². The molecule has 0 aromatic carbocycles. The van der Waals surface area contributed by atoms with Crippen LogP contribution in [0.3, 0.4) is 0 Å². The Balaban J connectivity index is 1.52. The highest BCUT2D eigenvalue weighted by Gasteiger charge is 2.76. The molecule has 0 aliphatic heterocycles. The van der Waals surface area contributed by atoms with Gasteiger partial charge in [-0.2, -0.15) is 0 Å². The zero-order valence-corrected chi connectivity index (χ0v) is 13.1. The Labute approximate surface area is 130 Å². The molecule has 4 heteroatoms. The molecule has 0 spiro atoms. The Kier molecular flexibility index (Phi) is 2.08. The van der Waals surface area contributed by atoms with Crippen LogP contribution >= 0.6 is 0 Å². The number of nitrogens with zero attached hydrogens (tertiary/aromatic N) is 2. The van der Waals surface area contributed by atoms with Gasteiger partial charge in [0.25, 0.3) is 0 Å². The van der Waals surface area contributed by atoms with E-state index in [-0.39, 0.29) is 0 Å². The van der Waals surface area contributed by atoms with E-state index in [4.69, 9.17) is 9.68 Å². The lowest BCUT2D eigenvalue weighted by atomic mass is 9.83. The van der Waals surface area contributed by atoms with Gasteiger partial charge in [0, 0.05) is 11.8 Å². The van der Waals surface area contributed by atoms with Crippen LogP contribution in [0, 0.1) is 59.2 Å². The summed E-state index contributed by atoms with van der Waals surface area (Å²) in [5, 5.41) is 8.90. The van der Waals surface area contributed by atoms with Crippen LogP contribution in [0.5, 0.6) is 0 Å². The van der Waals surface area contributed by atoms with E-state index in [1.807, 2.05) is 0 Å². The first-order valence-corrected chi connectivity index (χ1v) is 8.73. The fourth-order valence-electron chi connectivity index (χ4n) is 8.09. The summed E-state index contributed by atoms with van der Waals surface area (Å²) >= 11 is 0. The van der Waals surface area contributed by atoms with Crippen molar-refractivity contribution in [3.8, 4) is 0 Å². The third-order valence-electron chi connectivity index (χ3n) is 8.05. The molecule has 0 saturated heterocycles. The van der Waals surface area contributed by atoms with Crippen molar-refractivity contribution >= 4 is 11.4 Å². The van der Waals surface area contributed by atoms with E-state index in [0.29, 0.717) is 23.7 Å². The Morgan fingerprint density at radius 3 is 1.73 bits per heavy atom. The van der Waals surface area contributed by atoms with Crippen molar-refractivity contribution in [1.29, 1.82) is 0 Å². The van der Waals surface area contributed by atoms with Gasteiger partial charge in [-0.15, -0.1) is 0 Å². The summed E-state index contributed by atoms with van der Waals surface area (Å²) in [5.41, 5.74) is 2.71. The number of fused-ring (bicyclic) bond motifs is 3. The largest absolute Gasteiger partial charge is 0.399 e. The summed E-state index contributed by atoms with van der Waals surface area (Å²) in [7, 11) is 3.39. The Morgan fingerprint density at radius 1 is 0.773 bits per heavy atom. The van der Waals surface area contributed by atoms with E-state index in [1.165, 1.54) is 11.4 Å². The second-order valence-electron chi connectivity index (χ2n) is 8.17. The zero-order valence-electron chi connectivity index (χ0n) is 13.1. The minimum atomic E-state index is 0.676. The van der Waals surface area contributed by atoms with E-state index in [1.54, 1.807) is 14.2 Å². The SMILES string of the molecule is CO/N=C1\CC2C3C/C(=N\OC)C4C5C=CC6C1C2C(C65)C34. The van der Waals surface area contributed by atoms with Gasteiger partial charge in [-0.3, -0.25) is 0 Å². The predicted molar refractivity (Wildman–Crippen MR) is 82.2 cm³/mol. The average Bonchev–Trinajstić information content (AvgIpc) is 3.21. The van der Waals surface area contributed by atoms with Gasteiger partial charge in [0.15, 0.2) is 0 Å². The van der Waals surface area contributed by atoms with Crippen LogP contribution < -0.4 is 0 Å². The Morgan fingerprint density at radius 2 is 1.27 bits per heavy atom. The minimum Gasteiger partial charge on any atom is -0.399 e. The second-order valence-corrected chi connectivity index (χ2v) is 8.17. The Hall–Kier alpha value is -1.32. The standard InChI is InChI=1S/C18H22N2O2/c1-21-19-11-5-9-10-6-12(20-22-2)15-8-4-3-7-13(8)18(17(10)15)16(9)14(7)11/h3-4,7-10,13-18H,5-6H2,1-2H3/b19-11+,20-12+. The monoisotopic (exact) mass is 298 g/mol. The molecular weight excluding hydrogens is 276 g/mol. The molecule has 6 aliphatic carbocycles. The fraction of sp³-hybridized carbons (Fsp3) is 0.778. The van der Waals surface area contributed by atoms with Crippen LogP contribution in [0.25, 0.3) is 0 Å². The molecule has 6 aliphatic rings. The lowest BCUT2D eigenvalue weighted by molar-refractivity contribution is 0.208. The number of hydrogen-bond donors (Lipinski definition) is 0. The number of oxime groups is 2. The molecule has 22 heavy (non-hydrogen) atoms. The summed E-state index contributed by atoms with van der Waals surface area (Å²) in [4.78, 5) is 10.4. The molecule has 0 radical (unpaired) electrons. The molecular formula is C18H22N2O2. The number of rotatable bonds is 2. The first-order chi connectivity index (χ1) is 10.8. The molecule has 8 atom stereocenters. The van der Waals surface area contributed by atoms with Crippen molar-refractivity contribution in [2.45, 2.75) is 12.8 Å². The third-order valence-corrected chi connectivity index (χ3v) is 8.05. The summed E-state index contributed by atoms with van der Waals surface area (Å²) in [6, 6.07) is 0. The van der Waals surface area contributed by atoms with E-state index in [2.05, 4.69) is 22.5 Å². The normalized spacial score (nSPS) is 61.7. The van der Waals surface area contributed by atoms with Gasteiger partial charge < -0.3 is 9.68 Å². The summed E-state index contributed by atoms with van der Waals surface area (Å²) in [5.74, 6) is 7.93. The molecule has 0 amide bonds. The van der Waals surface area contributed by atoms with Crippen molar-refractivity contribution in [2.75, 3.05) is 14.2 Å². The second kappa shape index (κ2) is 3.77. The van der Waals surface area contributed by atoms with E-state index in [0.717, 1.165) is 48.3 Å². The highest BCUT2D eigenvalue weighted by Crippen LogP contribution is 2.77. The van der Waals surface area contributed by atoms with Crippen molar-refractivity contribution < 1.29 is 9.68 Å². The lowest BCUT2D eigenvalue weighted by Gasteiger charge is -2.21. The summed E-state index contributed by atoms with van der Waals surface area (Å²) in [6.07, 6.45) is 7.35. The van der Waals surface area contributed by atoms with Gasteiger partial charge in [0.2, 0.25) is 0 Å². The van der Waals surface area contributed by atoms with E-state index >= 15 is 0 Å². The molecule has 0 bridgehead atoms. The lowest BCUT2D eigenvalue weighted by Crippen LogP contribution is -2.23. The average molecular weight is 298 g/mol. The molecule has 6 rings (SSSR count). The van der Waals surface area contributed by atoms with Crippen molar-refractivity contribution in [1.82, 2.24) is 0 Å². The van der Waals surface area contributed by atoms with Crippen LogP contribution in [0.1, 0.15) is 12.8 Å². The highest BCUT2D eigenvalue weighted by atomic mass is 16.6. The van der Waals surface area contributed by atoms with Gasteiger partial charge in [-0.05, 0) is 60.2 Å². The van der Waals surface area contributed by atoms with E-state index in [9.17, 15) is 0 Å². The smallest absolute Gasteiger partial charge is 0.106 e. The number of allylic oxidation sites excluding steroid dienone is 2. The molecule has 0 heterocycles. The first kappa shape index (κ1) is 12.1. The van der Waals surface area contributed by atoms with Gasteiger partial charge in [0.05, 0.1) is 11.4 Å². The topological polar surface area (TPSA) is 43.2 Å². The quantitative estimate of drug-likeness (QED) is 0.581. The van der Waals surface area contributed by atoms with Crippen LogP contribution in [-0.2, 0) is 9.68 Å². The first-order valence-electron chi connectivity index (χ1n) is 8.73. The van der Waals surface area contributed by atoms with Crippen LogP contribution in [0.15, 0.2) is 22.5 Å². The van der Waals surface area contributed by atoms with Gasteiger partial charge in [0.1, 0.15) is 14.2 Å². The van der Waals surface area contributed by atoms with Crippen molar-refractivity contribution in [3.05, 3.63) is 12.2 Å². The maximum atomic E-state index is 5.19. The summed E-state index contributed by atoms with van der Waals surface area (Å²) in [6.45, 7) is 0. The third kappa shape index (κ3) is 1.08. The fourth-order valence-corrected chi connectivity index (χ4v) is 8.09. The van der Waals surface area contributed by atoms with Crippen LogP contribution in [0.2, 0.25) is 0 Å². The summed E-state index contributed by atoms with van der Waals surface area (Å²) < 4.78 is 0. The molecule has 5 saturated carbocycles. The van der Waals surface area contributed by atoms with Crippen LogP contribution in [0.4, 0.5) is 0 Å². The Bertz CT molecular complexity index is 587. The molecule has 8 unspecified atom stereocenters. The zero-order chi connectivity index (χ0) is 14.6. The highest BCUT2D eigenvalue weighted by molar-refractivity contribution is 5.94. The molecule has 5 fully saturated rings.